The number of cyclic esters (lactones) is 1. The second-order valence-electron chi connectivity index (χ2n) is 5.44. The maximum atomic E-state index is 12.1. The third-order valence-corrected chi connectivity index (χ3v) is 5.89. The standard InChI is InChI=1S/C13H18O4S/c1-8-10-7-11(14)17-13(10,12(15)16-8)18-9-5-3-2-4-6-9/h8-10H,2-7H2,1H3/t8-,10+,13-/m0/s1. The molecule has 1 aliphatic carbocycles. The summed E-state index contributed by atoms with van der Waals surface area (Å²) in [5.41, 5.74) is 0. The van der Waals surface area contributed by atoms with Crippen LogP contribution in [0.5, 0.6) is 0 Å². The van der Waals surface area contributed by atoms with Crippen LogP contribution in [0.1, 0.15) is 45.4 Å². The molecule has 0 unspecified atom stereocenters. The van der Waals surface area contributed by atoms with Gasteiger partial charge in [0.05, 0.1) is 12.3 Å². The molecule has 18 heavy (non-hydrogen) atoms. The van der Waals surface area contributed by atoms with Crippen molar-refractivity contribution in [3.05, 3.63) is 0 Å². The van der Waals surface area contributed by atoms with Gasteiger partial charge in [0.1, 0.15) is 6.10 Å². The van der Waals surface area contributed by atoms with Crippen LogP contribution in [0.4, 0.5) is 0 Å². The average Bonchev–Trinajstić information content (AvgIpc) is 2.77. The lowest BCUT2D eigenvalue weighted by Crippen LogP contribution is -2.38. The van der Waals surface area contributed by atoms with E-state index in [0.717, 1.165) is 12.8 Å². The normalized spacial score (nSPS) is 40.5. The molecule has 0 aromatic carbocycles. The number of esters is 2. The Bertz CT molecular complexity index is 377. The van der Waals surface area contributed by atoms with E-state index in [4.69, 9.17) is 9.47 Å². The Kier molecular flexibility index (Phi) is 3.04. The largest absolute Gasteiger partial charge is 0.459 e. The highest BCUT2D eigenvalue weighted by atomic mass is 32.2. The van der Waals surface area contributed by atoms with Crippen LogP contribution in [0.3, 0.4) is 0 Å². The van der Waals surface area contributed by atoms with Crippen molar-refractivity contribution >= 4 is 23.7 Å². The van der Waals surface area contributed by atoms with E-state index in [9.17, 15) is 9.59 Å². The second kappa shape index (κ2) is 4.44. The van der Waals surface area contributed by atoms with Gasteiger partial charge in [0.15, 0.2) is 0 Å². The average molecular weight is 270 g/mol. The molecule has 0 bridgehead atoms. The monoisotopic (exact) mass is 270 g/mol. The molecule has 4 nitrogen and oxygen atoms in total. The van der Waals surface area contributed by atoms with E-state index in [1.165, 1.54) is 19.3 Å². The molecule has 1 saturated carbocycles. The highest BCUT2D eigenvalue weighted by molar-refractivity contribution is 8.01. The zero-order valence-corrected chi connectivity index (χ0v) is 11.3. The molecule has 5 heteroatoms. The Labute approximate surface area is 111 Å². The van der Waals surface area contributed by atoms with Crippen LogP contribution in [-0.4, -0.2) is 28.2 Å². The zero-order valence-electron chi connectivity index (χ0n) is 10.5. The highest BCUT2D eigenvalue weighted by Gasteiger charge is 2.65. The Morgan fingerprint density at radius 1 is 1.22 bits per heavy atom. The highest BCUT2D eigenvalue weighted by Crippen LogP contribution is 2.53. The van der Waals surface area contributed by atoms with E-state index in [1.807, 2.05) is 6.92 Å². The van der Waals surface area contributed by atoms with Crippen LogP contribution in [0.15, 0.2) is 0 Å². The van der Waals surface area contributed by atoms with Gasteiger partial charge in [-0.2, -0.15) is 0 Å². The maximum absolute atomic E-state index is 12.1. The van der Waals surface area contributed by atoms with Crippen molar-refractivity contribution in [1.82, 2.24) is 0 Å². The van der Waals surface area contributed by atoms with Crippen molar-refractivity contribution in [3.63, 3.8) is 0 Å². The number of carbonyl (C=O) groups is 2. The van der Waals surface area contributed by atoms with E-state index < -0.39 is 4.93 Å². The van der Waals surface area contributed by atoms with Crippen molar-refractivity contribution in [2.45, 2.75) is 61.7 Å². The van der Waals surface area contributed by atoms with Crippen molar-refractivity contribution < 1.29 is 19.1 Å². The third kappa shape index (κ3) is 1.83. The fourth-order valence-corrected chi connectivity index (χ4v) is 4.99. The molecule has 3 atom stereocenters. The molecule has 0 aromatic heterocycles. The summed E-state index contributed by atoms with van der Waals surface area (Å²) in [4.78, 5) is 22.6. The molecular weight excluding hydrogens is 252 g/mol. The molecule has 0 amide bonds. The van der Waals surface area contributed by atoms with Crippen molar-refractivity contribution in [1.29, 1.82) is 0 Å². The van der Waals surface area contributed by atoms with E-state index in [2.05, 4.69) is 0 Å². The molecule has 0 N–H and O–H groups in total. The summed E-state index contributed by atoms with van der Waals surface area (Å²) in [6.45, 7) is 1.85. The molecule has 3 fully saturated rings. The van der Waals surface area contributed by atoms with Gasteiger partial charge < -0.3 is 9.47 Å². The van der Waals surface area contributed by atoms with Gasteiger partial charge >= 0.3 is 11.9 Å². The van der Waals surface area contributed by atoms with Crippen molar-refractivity contribution in [2.75, 3.05) is 0 Å². The van der Waals surface area contributed by atoms with E-state index in [1.54, 1.807) is 11.8 Å². The van der Waals surface area contributed by atoms with Gasteiger partial charge in [-0.1, -0.05) is 31.0 Å². The van der Waals surface area contributed by atoms with Gasteiger partial charge in [0.2, 0.25) is 0 Å². The smallest absolute Gasteiger partial charge is 0.362 e. The number of rotatable bonds is 2. The van der Waals surface area contributed by atoms with Gasteiger partial charge in [0.25, 0.3) is 4.93 Å². The summed E-state index contributed by atoms with van der Waals surface area (Å²) >= 11 is 1.54. The van der Waals surface area contributed by atoms with E-state index in [-0.39, 0.29) is 24.0 Å². The molecule has 3 rings (SSSR count). The van der Waals surface area contributed by atoms with Gasteiger partial charge in [0, 0.05) is 5.25 Å². The van der Waals surface area contributed by atoms with E-state index >= 15 is 0 Å². The molecule has 3 aliphatic rings. The first-order chi connectivity index (χ1) is 8.62. The number of thioether (sulfide) groups is 1. The summed E-state index contributed by atoms with van der Waals surface area (Å²) in [7, 11) is 0. The zero-order chi connectivity index (χ0) is 12.8. The number of carbonyl (C=O) groups excluding carboxylic acids is 2. The molecule has 2 heterocycles. The van der Waals surface area contributed by atoms with Crippen LogP contribution in [0.2, 0.25) is 0 Å². The summed E-state index contributed by atoms with van der Waals surface area (Å²) in [5, 5.41) is 0.421. The van der Waals surface area contributed by atoms with Crippen molar-refractivity contribution in [3.8, 4) is 0 Å². The van der Waals surface area contributed by atoms with E-state index in [0.29, 0.717) is 11.7 Å². The van der Waals surface area contributed by atoms with Crippen LogP contribution in [0, 0.1) is 5.92 Å². The minimum atomic E-state index is -1.03. The minimum absolute atomic E-state index is 0.107. The number of hydrogen-bond donors (Lipinski definition) is 0. The summed E-state index contributed by atoms with van der Waals surface area (Å²) < 4.78 is 10.7. The van der Waals surface area contributed by atoms with Crippen molar-refractivity contribution in [2.24, 2.45) is 5.92 Å². The van der Waals surface area contributed by atoms with Gasteiger partial charge in [-0.25, -0.2) is 4.79 Å². The Morgan fingerprint density at radius 2 is 1.94 bits per heavy atom. The second-order valence-corrected chi connectivity index (χ2v) is 6.95. The topological polar surface area (TPSA) is 52.6 Å². The molecule has 0 aromatic rings. The van der Waals surface area contributed by atoms with Crippen LogP contribution >= 0.6 is 11.8 Å². The van der Waals surface area contributed by atoms with Crippen LogP contribution < -0.4 is 0 Å². The number of ether oxygens (including phenoxy) is 2. The van der Waals surface area contributed by atoms with Gasteiger partial charge in [-0.3, -0.25) is 4.79 Å². The molecule has 100 valence electrons. The molecule has 2 saturated heterocycles. The fraction of sp³-hybridized carbons (Fsp3) is 0.846. The molecule has 0 radical (unpaired) electrons. The fourth-order valence-electron chi connectivity index (χ4n) is 3.19. The lowest BCUT2D eigenvalue weighted by Gasteiger charge is -2.29. The first-order valence-electron chi connectivity index (χ1n) is 6.72. The molecule has 2 aliphatic heterocycles. The predicted octanol–water partition coefficient (Wildman–Crippen LogP) is 2.26. The Balaban J connectivity index is 1.81. The lowest BCUT2D eigenvalue weighted by atomic mass is 9.98. The predicted molar refractivity (Wildman–Crippen MR) is 66.9 cm³/mol. The van der Waals surface area contributed by atoms with Gasteiger partial charge in [-0.05, 0) is 19.8 Å². The van der Waals surface area contributed by atoms with Gasteiger partial charge in [-0.15, -0.1) is 0 Å². The molecule has 0 spiro atoms. The summed E-state index contributed by atoms with van der Waals surface area (Å²) in [5.74, 6) is -0.711. The first-order valence-corrected chi connectivity index (χ1v) is 7.60. The number of fused-ring (bicyclic) bond motifs is 1. The first kappa shape index (κ1) is 12.3. The number of hydrogen-bond acceptors (Lipinski definition) is 5. The molecular formula is C13H18O4S. The minimum Gasteiger partial charge on any atom is -0.459 e. The lowest BCUT2D eigenvalue weighted by molar-refractivity contribution is -0.160. The Morgan fingerprint density at radius 3 is 2.67 bits per heavy atom. The quantitative estimate of drug-likeness (QED) is 0.720. The van der Waals surface area contributed by atoms with Crippen LogP contribution in [0.25, 0.3) is 0 Å². The maximum Gasteiger partial charge on any atom is 0.362 e. The SMILES string of the molecule is C[C@@H]1OC(=O)[C@]2(SC3CCCCC3)OC(=O)C[C@H]12. The Hall–Kier alpha value is -0.710. The van der Waals surface area contributed by atoms with Crippen LogP contribution in [-0.2, 0) is 19.1 Å². The summed E-state index contributed by atoms with van der Waals surface area (Å²) in [6, 6.07) is 0. The summed E-state index contributed by atoms with van der Waals surface area (Å²) in [6.07, 6.45) is 6.01. The third-order valence-electron chi connectivity index (χ3n) is 4.18.